The molecule has 2 N–H and O–H groups in total. The average molecular weight is 294 g/mol. The molecule has 1 fully saturated rings. The van der Waals surface area contributed by atoms with Crippen LogP contribution in [0.15, 0.2) is 22.9 Å². The molecule has 0 spiro atoms. The maximum atomic E-state index is 11.9. The lowest BCUT2D eigenvalue weighted by atomic mass is 9.80. The normalized spacial score (nSPS) is 16.9. The third-order valence-corrected chi connectivity index (χ3v) is 5.21. The number of thiazole rings is 1. The molecule has 1 amide bonds. The molecule has 0 saturated heterocycles. The van der Waals surface area contributed by atoms with E-state index in [2.05, 4.69) is 10.3 Å². The van der Waals surface area contributed by atoms with Crippen molar-refractivity contribution in [2.45, 2.75) is 24.9 Å². The average Bonchev–Trinajstić information content (AvgIpc) is 3.02. The van der Waals surface area contributed by atoms with Crippen LogP contribution in [0.5, 0.6) is 0 Å². The number of aromatic nitrogens is 1. The smallest absolute Gasteiger partial charge is 0.270 e. The molecule has 0 aromatic carbocycles. The number of carbonyl (C=O) groups is 1. The van der Waals surface area contributed by atoms with Gasteiger partial charge in [0.15, 0.2) is 0 Å². The Balaban J connectivity index is 1.64. The van der Waals surface area contributed by atoms with Gasteiger partial charge in [-0.15, -0.1) is 22.7 Å². The second kappa shape index (κ2) is 5.03. The first kappa shape index (κ1) is 12.8. The van der Waals surface area contributed by atoms with Gasteiger partial charge in [-0.2, -0.15) is 0 Å². The summed E-state index contributed by atoms with van der Waals surface area (Å²) < 4.78 is 0. The molecule has 0 aliphatic heterocycles. The zero-order valence-electron chi connectivity index (χ0n) is 10.3. The van der Waals surface area contributed by atoms with E-state index in [-0.39, 0.29) is 5.91 Å². The molecule has 19 heavy (non-hydrogen) atoms. The van der Waals surface area contributed by atoms with Crippen LogP contribution in [0.3, 0.4) is 0 Å². The molecule has 1 saturated carbocycles. The molecule has 2 heterocycles. The van der Waals surface area contributed by atoms with Crippen molar-refractivity contribution < 1.29 is 9.90 Å². The minimum Gasteiger partial charge on any atom is -0.388 e. The van der Waals surface area contributed by atoms with Crippen molar-refractivity contribution in [1.82, 2.24) is 10.3 Å². The van der Waals surface area contributed by atoms with Crippen LogP contribution >= 0.6 is 22.7 Å². The molecule has 0 bridgehead atoms. The summed E-state index contributed by atoms with van der Waals surface area (Å²) >= 11 is 3.07. The van der Waals surface area contributed by atoms with E-state index in [4.69, 9.17) is 0 Å². The van der Waals surface area contributed by atoms with Gasteiger partial charge in [-0.3, -0.25) is 4.79 Å². The molecule has 4 nitrogen and oxygen atoms in total. The van der Waals surface area contributed by atoms with Crippen molar-refractivity contribution >= 4 is 28.6 Å². The van der Waals surface area contributed by atoms with E-state index in [1.807, 2.05) is 17.5 Å². The molecule has 0 atom stereocenters. The van der Waals surface area contributed by atoms with Gasteiger partial charge in [0.2, 0.25) is 0 Å². The monoisotopic (exact) mass is 294 g/mol. The van der Waals surface area contributed by atoms with Gasteiger partial charge in [-0.05, 0) is 30.7 Å². The van der Waals surface area contributed by atoms with Crippen LogP contribution in [-0.2, 0) is 0 Å². The molecular weight excluding hydrogens is 280 g/mol. The molecule has 0 unspecified atom stereocenters. The topological polar surface area (TPSA) is 62.2 Å². The number of hydrogen-bond acceptors (Lipinski definition) is 5. The van der Waals surface area contributed by atoms with E-state index < -0.39 is 5.60 Å². The van der Waals surface area contributed by atoms with Crippen LogP contribution < -0.4 is 5.32 Å². The van der Waals surface area contributed by atoms with Crippen LogP contribution in [0.25, 0.3) is 9.88 Å². The standard InChI is InChI=1S/C13H14N2O2S2/c16-11(14-8-13(17)4-2-5-13)9-7-19-12(15-9)10-3-1-6-18-10/h1,3,6-7,17H,2,4-5,8H2,(H,14,16). The number of nitrogens with one attached hydrogen (secondary N) is 1. The van der Waals surface area contributed by atoms with Crippen molar-refractivity contribution in [3.8, 4) is 9.88 Å². The first-order valence-corrected chi connectivity index (χ1v) is 7.92. The predicted octanol–water partition coefficient (Wildman–Crippen LogP) is 2.52. The molecule has 0 radical (unpaired) electrons. The summed E-state index contributed by atoms with van der Waals surface area (Å²) in [5.74, 6) is -0.209. The lowest BCUT2D eigenvalue weighted by molar-refractivity contribution is -0.0300. The van der Waals surface area contributed by atoms with Gasteiger partial charge in [-0.25, -0.2) is 4.98 Å². The zero-order valence-corrected chi connectivity index (χ0v) is 11.9. The maximum absolute atomic E-state index is 11.9. The number of thiophene rings is 1. The zero-order chi connectivity index (χ0) is 13.3. The highest BCUT2D eigenvalue weighted by atomic mass is 32.1. The fraction of sp³-hybridized carbons (Fsp3) is 0.385. The van der Waals surface area contributed by atoms with E-state index in [0.717, 1.165) is 29.1 Å². The molecular formula is C13H14N2O2S2. The summed E-state index contributed by atoms with van der Waals surface area (Å²) in [6.45, 7) is 0.317. The molecule has 2 aromatic heterocycles. The molecule has 6 heteroatoms. The Kier molecular flexibility index (Phi) is 3.38. The number of nitrogens with zero attached hydrogens (tertiary/aromatic N) is 1. The summed E-state index contributed by atoms with van der Waals surface area (Å²) in [6, 6.07) is 3.95. The minimum atomic E-state index is -0.692. The quantitative estimate of drug-likeness (QED) is 0.911. The number of carbonyl (C=O) groups excluding carboxylic acids is 1. The van der Waals surface area contributed by atoms with Gasteiger partial charge >= 0.3 is 0 Å². The van der Waals surface area contributed by atoms with E-state index >= 15 is 0 Å². The van der Waals surface area contributed by atoms with Crippen molar-refractivity contribution in [2.75, 3.05) is 6.54 Å². The Hall–Kier alpha value is -1.24. The second-order valence-electron chi connectivity index (χ2n) is 4.78. The first-order chi connectivity index (χ1) is 9.16. The van der Waals surface area contributed by atoms with Crippen LogP contribution in [-0.4, -0.2) is 28.1 Å². The Labute approximate surface area is 119 Å². The summed E-state index contributed by atoms with van der Waals surface area (Å²) in [5, 5.41) is 17.3. The first-order valence-electron chi connectivity index (χ1n) is 6.16. The van der Waals surface area contributed by atoms with E-state index in [1.54, 1.807) is 16.7 Å². The fourth-order valence-electron chi connectivity index (χ4n) is 1.99. The molecule has 3 rings (SSSR count). The SMILES string of the molecule is O=C(NCC1(O)CCC1)c1csc(-c2cccs2)n1. The lowest BCUT2D eigenvalue weighted by Gasteiger charge is -2.36. The molecule has 1 aliphatic carbocycles. The summed E-state index contributed by atoms with van der Waals surface area (Å²) in [6.07, 6.45) is 2.57. The van der Waals surface area contributed by atoms with Gasteiger partial charge in [0, 0.05) is 11.9 Å². The van der Waals surface area contributed by atoms with E-state index in [9.17, 15) is 9.90 Å². The predicted molar refractivity (Wildman–Crippen MR) is 76.6 cm³/mol. The molecule has 100 valence electrons. The largest absolute Gasteiger partial charge is 0.388 e. The molecule has 2 aromatic rings. The van der Waals surface area contributed by atoms with Gasteiger partial charge in [-0.1, -0.05) is 6.07 Å². The van der Waals surface area contributed by atoms with Crippen LogP contribution in [0, 0.1) is 0 Å². The van der Waals surface area contributed by atoms with Gasteiger partial charge in [0.1, 0.15) is 10.7 Å². The summed E-state index contributed by atoms with van der Waals surface area (Å²) in [4.78, 5) is 17.3. The second-order valence-corrected chi connectivity index (χ2v) is 6.58. The van der Waals surface area contributed by atoms with E-state index in [1.165, 1.54) is 11.3 Å². The summed E-state index contributed by atoms with van der Waals surface area (Å²) in [5.41, 5.74) is -0.265. The Morgan fingerprint density at radius 3 is 2.95 bits per heavy atom. The van der Waals surface area contributed by atoms with Crippen LogP contribution in [0.2, 0.25) is 0 Å². The number of rotatable bonds is 4. The Morgan fingerprint density at radius 2 is 2.32 bits per heavy atom. The third kappa shape index (κ3) is 2.70. The van der Waals surface area contributed by atoms with Crippen molar-refractivity contribution in [1.29, 1.82) is 0 Å². The highest BCUT2D eigenvalue weighted by molar-refractivity contribution is 7.20. The minimum absolute atomic E-state index is 0.209. The number of hydrogen-bond donors (Lipinski definition) is 2. The van der Waals surface area contributed by atoms with Crippen LogP contribution in [0.4, 0.5) is 0 Å². The number of aliphatic hydroxyl groups is 1. The van der Waals surface area contributed by atoms with E-state index in [0.29, 0.717) is 12.2 Å². The maximum Gasteiger partial charge on any atom is 0.270 e. The highest BCUT2D eigenvalue weighted by Gasteiger charge is 2.34. The third-order valence-electron chi connectivity index (χ3n) is 3.33. The summed E-state index contributed by atoms with van der Waals surface area (Å²) in [7, 11) is 0. The van der Waals surface area contributed by atoms with Crippen molar-refractivity contribution in [2.24, 2.45) is 0 Å². The van der Waals surface area contributed by atoms with Crippen molar-refractivity contribution in [3.63, 3.8) is 0 Å². The van der Waals surface area contributed by atoms with Gasteiger partial charge < -0.3 is 10.4 Å². The Morgan fingerprint density at radius 1 is 1.47 bits per heavy atom. The van der Waals surface area contributed by atoms with Gasteiger partial charge in [0.05, 0.1) is 10.5 Å². The van der Waals surface area contributed by atoms with Crippen LogP contribution in [0.1, 0.15) is 29.8 Å². The van der Waals surface area contributed by atoms with Crippen molar-refractivity contribution in [3.05, 3.63) is 28.6 Å². The fourth-order valence-corrected chi connectivity index (χ4v) is 3.60. The van der Waals surface area contributed by atoms with Gasteiger partial charge in [0.25, 0.3) is 5.91 Å². The molecule has 1 aliphatic rings. The Bertz CT molecular complexity index is 573. The number of amides is 1. The lowest BCUT2D eigenvalue weighted by Crippen LogP contribution is -2.47. The highest BCUT2D eigenvalue weighted by Crippen LogP contribution is 2.31.